The fourth-order valence-electron chi connectivity index (χ4n) is 2.17. The van der Waals surface area contributed by atoms with Crippen LogP contribution in [-0.4, -0.2) is 29.6 Å². The van der Waals surface area contributed by atoms with E-state index in [9.17, 15) is 4.79 Å². The fraction of sp³-hybridized carbons (Fsp3) is 0.538. The van der Waals surface area contributed by atoms with Crippen LogP contribution in [0.15, 0.2) is 12.1 Å². The van der Waals surface area contributed by atoms with Gasteiger partial charge in [-0.2, -0.15) is 0 Å². The molecule has 0 aliphatic carbocycles. The molecule has 0 radical (unpaired) electrons. The highest BCUT2D eigenvalue weighted by Gasteiger charge is 2.29. The number of aryl methyl sites for hydroxylation is 1. The topological polar surface area (TPSA) is 89.3 Å². The second-order valence-electron chi connectivity index (χ2n) is 5.15. The van der Waals surface area contributed by atoms with Crippen molar-refractivity contribution in [1.82, 2.24) is 10.3 Å². The summed E-state index contributed by atoms with van der Waals surface area (Å²) in [4.78, 5) is 16.5. The number of carbonyl (C=O) groups is 1. The molecular weight excluding hydrogens is 244 g/mol. The summed E-state index contributed by atoms with van der Waals surface area (Å²) in [5.41, 5.74) is 3.57. The van der Waals surface area contributed by atoms with Crippen LogP contribution < -0.4 is 16.6 Å². The first kappa shape index (κ1) is 13.8. The van der Waals surface area contributed by atoms with Crippen molar-refractivity contribution in [3.8, 4) is 0 Å². The molecule has 4 N–H and O–H groups in total. The highest BCUT2D eigenvalue weighted by atomic mass is 16.5. The van der Waals surface area contributed by atoms with E-state index in [1.807, 2.05) is 13.8 Å². The minimum atomic E-state index is -0.206. The van der Waals surface area contributed by atoms with Gasteiger partial charge in [0.05, 0.1) is 0 Å². The van der Waals surface area contributed by atoms with Gasteiger partial charge in [0.2, 0.25) is 0 Å². The third-order valence-corrected chi connectivity index (χ3v) is 3.38. The maximum Gasteiger partial charge on any atom is 0.251 e. The lowest BCUT2D eigenvalue weighted by Crippen LogP contribution is -2.49. The van der Waals surface area contributed by atoms with Crippen LogP contribution in [0.1, 0.15) is 35.8 Å². The summed E-state index contributed by atoms with van der Waals surface area (Å²) in [6.07, 6.45) is 1.65. The number of pyridine rings is 1. The summed E-state index contributed by atoms with van der Waals surface area (Å²) in [5, 5.41) is 3.07. The van der Waals surface area contributed by atoms with E-state index < -0.39 is 0 Å². The summed E-state index contributed by atoms with van der Waals surface area (Å²) < 4.78 is 5.32. The maximum absolute atomic E-state index is 12.3. The minimum absolute atomic E-state index is 0.105. The molecule has 1 fully saturated rings. The molecule has 6 heteroatoms. The molecule has 19 heavy (non-hydrogen) atoms. The van der Waals surface area contributed by atoms with E-state index in [-0.39, 0.29) is 11.4 Å². The third-order valence-electron chi connectivity index (χ3n) is 3.38. The number of hydrogen-bond donors (Lipinski definition) is 3. The van der Waals surface area contributed by atoms with Crippen LogP contribution >= 0.6 is 0 Å². The Hall–Kier alpha value is -1.66. The van der Waals surface area contributed by atoms with Crippen LogP contribution in [-0.2, 0) is 4.74 Å². The van der Waals surface area contributed by atoms with E-state index in [0.29, 0.717) is 24.6 Å². The average Bonchev–Trinajstić information content (AvgIpc) is 2.38. The third kappa shape index (κ3) is 3.42. The minimum Gasteiger partial charge on any atom is -0.381 e. The first-order valence-corrected chi connectivity index (χ1v) is 6.38. The van der Waals surface area contributed by atoms with Gasteiger partial charge in [-0.25, -0.2) is 10.8 Å². The molecule has 2 rings (SSSR count). The van der Waals surface area contributed by atoms with Crippen LogP contribution in [0.5, 0.6) is 0 Å². The molecule has 0 aromatic carbocycles. The van der Waals surface area contributed by atoms with Crippen LogP contribution in [0.3, 0.4) is 0 Å². The lowest BCUT2D eigenvalue weighted by molar-refractivity contribution is 0.0423. The van der Waals surface area contributed by atoms with Crippen LogP contribution in [0, 0.1) is 6.92 Å². The van der Waals surface area contributed by atoms with Gasteiger partial charge in [0, 0.05) is 30.0 Å². The Balaban J connectivity index is 2.13. The van der Waals surface area contributed by atoms with Crippen molar-refractivity contribution in [3.05, 3.63) is 23.4 Å². The zero-order chi connectivity index (χ0) is 13.9. The lowest BCUT2D eigenvalue weighted by atomic mass is 9.92. The molecule has 1 aromatic rings. The number of carbonyl (C=O) groups excluding carboxylic acids is 1. The molecule has 1 aliphatic rings. The molecule has 2 heterocycles. The van der Waals surface area contributed by atoms with Gasteiger partial charge in [-0.3, -0.25) is 4.79 Å². The molecule has 1 amide bonds. The quantitative estimate of drug-likeness (QED) is 0.559. The number of aromatic nitrogens is 1. The fourth-order valence-corrected chi connectivity index (χ4v) is 2.17. The van der Waals surface area contributed by atoms with Gasteiger partial charge in [-0.1, -0.05) is 0 Å². The zero-order valence-electron chi connectivity index (χ0n) is 11.3. The Morgan fingerprint density at radius 2 is 2.11 bits per heavy atom. The Bertz CT molecular complexity index is 470. The first-order valence-electron chi connectivity index (χ1n) is 6.38. The Morgan fingerprint density at radius 1 is 1.42 bits per heavy atom. The standard InChI is InChI=1S/C13H20N4O2/c1-9-7-10(8-11(15-9)17-14)12(18)16-13(2)3-5-19-6-4-13/h7-8H,3-6,14H2,1-2H3,(H,15,17)(H,16,18). The molecule has 104 valence electrons. The Morgan fingerprint density at radius 3 is 2.74 bits per heavy atom. The predicted molar refractivity (Wildman–Crippen MR) is 72.7 cm³/mol. The highest BCUT2D eigenvalue weighted by molar-refractivity contribution is 5.95. The molecular formula is C13H20N4O2. The smallest absolute Gasteiger partial charge is 0.251 e. The highest BCUT2D eigenvalue weighted by Crippen LogP contribution is 2.20. The molecule has 1 aromatic heterocycles. The molecule has 0 unspecified atom stereocenters. The second-order valence-corrected chi connectivity index (χ2v) is 5.15. The zero-order valence-corrected chi connectivity index (χ0v) is 11.3. The summed E-state index contributed by atoms with van der Waals surface area (Å²) in [5.74, 6) is 5.72. The summed E-state index contributed by atoms with van der Waals surface area (Å²) in [6.45, 7) is 5.24. The van der Waals surface area contributed by atoms with Crippen molar-refractivity contribution in [2.24, 2.45) is 5.84 Å². The summed E-state index contributed by atoms with van der Waals surface area (Å²) in [6, 6.07) is 3.39. The molecule has 0 bridgehead atoms. The van der Waals surface area contributed by atoms with Crippen molar-refractivity contribution < 1.29 is 9.53 Å². The van der Waals surface area contributed by atoms with Gasteiger partial charge >= 0.3 is 0 Å². The van der Waals surface area contributed by atoms with E-state index in [2.05, 4.69) is 15.7 Å². The first-order chi connectivity index (χ1) is 9.02. The van der Waals surface area contributed by atoms with Crippen LogP contribution in [0.25, 0.3) is 0 Å². The van der Waals surface area contributed by atoms with Gasteiger partial charge in [0.25, 0.3) is 5.91 Å². The number of anilines is 1. The number of hydrogen-bond acceptors (Lipinski definition) is 5. The maximum atomic E-state index is 12.3. The lowest BCUT2D eigenvalue weighted by Gasteiger charge is -2.34. The number of rotatable bonds is 3. The van der Waals surface area contributed by atoms with E-state index >= 15 is 0 Å². The normalized spacial score (nSPS) is 17.8. The number of nitrogens with zero attached hydrogens (tertiary/aromatic N) is 1. The average molecular weight is 264 g/mol. The monoisotopic (exact) mass is 264 g/mol. The van der Waals surface area contributed by atoms with Crippen molar-refractivity contribution in [1.29, 1.82) is 0 Å². The van der Waals surface area contributed by atoms with E-state index in [1.165, 1.54) is 0 Å². The van der Waals surface area contributed by atoms with Crippen molar-refractivity contribution in [2.45, 2.75) is 32.2 Å². The second kappa shape index (κ2) is 5.54. The Labute approximate surface area is 112 Å². The molecule has 0 atom stereocenters. The van der Waals surface area contributed by atoms with Crippen molar-refractivity contribution >= 4 is 11.7 Å². The number of hydrazine groups is 1. The molecule has 0 saturated carbocycles. The summed E-state index contributed by atoms with van der Waals surface area (Å²) >= 11 is 0. The number of nitrogen functional groups attached to an aromatic ring is 1. The van der Waals surface area contributed by atoms with Gasteiger partial charge in [0.15, 0.2) is 0 Å². The predicted octanol–water partition coefficient (Wildman–Crippen LogP) is 0.975. The molecule has 1 saturated heterocycles. The molecule has 1 aliphatic heterocycles. The summed E-state index contributed by atoms with van der Waals surface area (Å²) in [7, 11) is 0. The number of nitrogens with two attached hydrogens (primary N) is 1. The van der Waals surface area contributed by atoms with Crippen LogP contribution in [0.2, 0.25) is 0 Å². The largest absolute Gasteiger partial charge is 0.381 e. The van der Waals surface area contributed by atoms with Gasteiger partial charge < -0.3 is 15.5 Å². The van der Waals surface area contributed by atoms with Gasteiger partial charge in [0.1, 0.15) is 5.82 Å². The number of nitrogens with one attached hydrogen (secondary N) is 2. The van der Waals surface area contributed by atoms with Crippen molar-refractivity contribution in [2.75, 3.05) is 18.6 Å². The van der Waals surface area contributed by atoms with Crippen molar-refractivity contribution in [3.63, 3.8) is 0 Å². The Kier molecular flexibility index (Phi) is 4.01. The number of ether oxygens (including phenoxy) is 1. The molecule has 0 spiro atoms. The van der Waals surface area contributed by atoms with Gasteiger partial charge in [-0.15, -0.1) is 0 Å². The van der Waals surface area contributed by atoms with E-state index in [4.69, 9.17) is 10.6 Å². The van der Waals surface area contributed by atoms with Crippen LogP contribution in [0.4, 0.5) is 5.82 Å². The molecule has 6 nitrogen and oxygen atoms in total. The SMILES string of the molecule is Cc1cc(C(=O)NC2(C)CCOCC2)cc(NN)n1. The van der Waals surface area contributed by atoms with E-state index in [1.54, 1.807) is 12.1 Å². The number of amides is 1. The van der Waals surface area contributed by atoms with E-state index in [0.717, 1.165) is 18.5 Å². The van der Waals surface area contributed by atoms with Gasteiger partial charge in [-0.05, 0) is 38.8 Å².